The molecule has 0 bridgehead atoms. The van der Waals surface area contributed by atoms with Crippen molar-refractivity contribution >= 4 is 29.3 Å². The van der Waals surface area contributed by atoms with E-state index in [1.54, 1.807) is 49.4 Å². The van der Waals surface area contributed by atoms with Crippen LogP contribution in [0.2, 0.25) is 5.02 Å². The van der Waals surface area contributed by atoms with Gasteiger partial charge in [0.2, 0.25) is 0 Å². The maximum absolute atomic E-state index is 12.4. The second-order valence-electron chi connectivity index (χ2n) is 5.02. The van der Waals surface area contributed by atoms with Gasteiger partial charge in [0.25, 0.3) is 5.91 Å². The molecule has 0 atom stereocenters. The zero-order valence-electron chi connectivity index (χ0n) is 13.4. The first-order chi connectivity index (χ1) is 12.1. The van der Waals surface area contributed by atoms with Crippen LogP contribution in [0.1, 0.15) is 11.1 Å². The van der Waals surface area contributed by atoms with Gasteiger partial charge in [-0.05, 0) is 36.8 Å². The molecule has 0 saturated carbocycles. The third-order valence-corrected chi connectivity index (χ3v) is 3.80. The van der Waals surface area contributed by atoms with E-state index in [9.17, 15) is 10.1 Å². The summed E-state index contributed by atoms with van der Waals surface area (Å²) in [5, 5.41) is 21.2. The van der Waals surface area contributed by atoms with E-state index in [2.05, 4.69) is 5.32 Å². The molecule has 1 amide bonds. The highest BCUT2D eigenvalue weighted by molar-refractivity contribution is 6.31. The Hall–Kier alpha value is -3.28. The van der Waals surface area contributed by atoms with Crippen molar-refractivity contribution in [3.8, 4) is 17.9 Å². The molecule has 0 spiro atoms. The van der Waals surface area contributed by atoms with Gasteiger partial charge in [-0.2, -0.15) is 10.5 Å². The number of carbonyl (C=O) groups excluding carboxylic acids is 1. The summed E-state index contributed by atoms with van der Waals surface area (Å²) < 4.78 is 5.30. The molecule has 5 nitrogen and oxygen atoms in total. The lowest BCUT2D eigenvalue weighted by atomic mass is 10.1. The number of ether oxygens (including phenoxy) is 1. The summed E-state index contributed by atoms with van der Waals surface area (Å²) in [5.41, 5.74) is 1.69. The molecule has 0 aromatic heterocycles. The third-order valence-electron chi connectivity index (χ3n) is 3.39. The molecule has 2 aromatic carbocycles. The van der Waals surface area contributed by atoms with Crippen molar-refractivity contribution in [3.63, 3.8) is 0 Å². The van der Waals surface area contributed by atoms with Crippen molar-refractivity contribution in [1.29, 1.82) is 10.5 Å². The maximum atomic E-state index is 12.4. The Balaban J connectivity index is 2.29. The molecule has 2 aromatic rings. The van der Waals surface area contributed by atoms with Crippen LogP contribution in [-0.2, 0) is 4.79 Å². The molecule has 2 rings (SSSR count). The first kappa shape index (κ1) is 18.1. The Morgan fingerprint density at radius 2 is 2.00 bits per heavy atom. The van der Waals surface area contributed by atoms with Gasteiger partial charge in [-0.3, -0.25) is 4.79 Å². The Morgan fingerprint density at radius 1 is 1.24 bits per heavy atom. The van der Waals surface area contributed by atoms with Gasteiger partial charge < -0.3 is 10.1 Å². The molecule has 0 heterocycles. The van der Waals surface area contributed by atoms with Crippen molar-refractivity contribution < 1.29 is 9.53 Å². The Morgan fingerprint density at radius 3 is 2.72 bits per heavy atom. The van der Waals surface area contributed by atoms with Crippen LogP contribution in [0.5, 0.6) is 5.75 Å². The highest BCUT2D eigenvalue weighted by Crippen LogP contribution is 2.24. The lowest BCUT2D eigenvalue weighted by Gasteiger charge is -2.09. The van der Waals surface area contributed by atoms with E-state index in [1.165, 1.54) is 6.08 Å². The van der Waals surface area contributed by atoms with Crippen molar-refractivity contribution in [2.24, 2.45) is 0 Å². The Bertz CT molecular complexity index is 908. The minimum absolute atomic E-state index is 0.0904. The van der Waals surface area contributed by atoms with E-state index >= 15 is 0 Å². The summed E-state index contributed by atoms with van der Waals surface area (Å²) in [7, 11) is 0. The summed E-state index contributed by atoms with van der Waals surface area (Å²) in [6.45, 7) is 1.65. The SMILES string of the molecule is Cc1c(Cl)cccc1NC(=O)/C(C#N)=C/c1ccccc1OCC#N. The molecule has 1 N–H and O–H groups in total. The van der Waals surface area contributed by atoms with Gasteiger partial charge in [0.15, 0.2) is 6.61 Å². The number of nitrogens with zero attached hydrogens (tertiary/aromatic N) is 2. The minimum Gasteiger partial charge on any atom is -0.478 e. The van der Waals surface area contributed by atoms with Crippen LogP contribution in [0.4, 0.5) is 5.69 Å². The van der Waals surface area contributed by atoms with E-state index < -0.39 is 5.91 Å². The number of nitrogens with one attached hydrogen (secondary N) is 1. The second kappa shape index (κ2) is 8.54. The number of anilines is 1. The van der Waals surface area contributed by atoms with Crippen LogP contribution in [0.3, 0.4) is 0 Å². The van der Waals surface area contributed by atoms with Crippen LogP contribution < -0.4 is 10.1 Å². The molecule has 0 fully saturated rings. The summed E-state index contributed by atoms with van der Waals surface area (Å²) in [5.74, 6) is -0.133. The van der Waals surface area contributed by atoms with E-state index in [1.807, 2.05) is 12.1 Å². The van der Waals surface area contributed by atoms with Crippen molar-refractivity contribution in [2.75, 3.05) is 11.9 Å². The molecule has 0 aliphatic heterocycles. The first-order valence-electron chi connectivity index (χ1n) is 7.34. The smallest absolute Gasteiger partial charge is 0.266 e. The van der Waals surface area contributed by atoms with Crippen molar-refractivity contribution in [3.05, 3.63) is 64.2 Å². The first-order valence-corrected chi connectivity index (χ1v) is 7.71. The summed E-state index contributed by atoms with van der Waals surface area (Å²) in [4.78, 5) is 12.4. The second-order valence-corrected chi connectivity index (χ2v) is 5.43. The molecule has 124 valence electrons. The highest BCUT2D eigenvalue weighted by Gasteiger charge is 2.13. The van der Waals surface area contributed by atoms with Crippen molar-refractivity contribution in [1.82, 2.24) is 0 Å². The average Bonchev–Trinajstić information content (AvgIpc) is 2.62. The fraction of sp³-hybridized carbons (Fsp3) is 0.105. The fourth-order valence-electron chi connectivity index (χ4n) is 2.08. The molecule has 0 saturated heterocycles. The standard InChI is InChI=1S/C19H14ClN3O2/c1-13-16(20)6-4-7-17(13)23-19(24)15(12-22)11-14-5-2-3-8-18(14)25-10-9-21/h2-8,11H,10H2,1H3,(H,23,24)/b15-11+. The van der Waals surface area contributed by atoms with Crippen LogP contribution >= 0.6 is 11.6 Å². The fourth-order valence-corrected chi connectivity index (χ4v) is 2.25. The molecular formula is C19H14ClN3O2. The zero-order valence-corrected chi connectivity index (χ0v) is 14.2. The third kappa shape index (κ3) is 4.60. The van der Waals surface area contributed by atoms with Crippen LogP contribution in [0.25, 0.3) is 6.08 Å². The lowest BCUT2D eigenvalue weighted by Crippen LogP contribution is -2.14. The predicted octanol–water partition coefficient (Wildman–Crippen LogP) is 4.10. The molecule has 0 aliphatic carbocycles. The molecule has 6 heteroatoms. The van der Waals surface area contributed by atoms with Gasteiger partial charge in [-0.15, -0.1) is 0 Å². The number of carbonyl (C=O) groups is 1. The van der Waals surface area contributed by atoms with E-state index in [4.69, 9.17) is 21.6 Å². The van der Waals surface area contributed by atoms with Crippen LogP contribution in [0, 0.1) is 29.6 Å². The van der Waals surface area contributed by atoms with Gasteiger partial charge in [0, 0.05) is 16.3 Å². The topological polar surface area (TPSA) is 85.9 Å². The number of benzene rings is 2. The van der Waals surface area contributed by atoms with E-state index in [0.29, 0.717) is 27.6 Å². The summed E-state index contributed by atoms with van der Waals surface area (Å²) in [6, 6.07) is 15.8. The highest BCUT2D eigenvalue weighted by atomic mass is 35.5. The Labute approximate surface area is 150 Å². The molecule has 0 unspecified atom stereocenters. The molecule has 0 aliphatic rings. The summed E-state index contributed by atoms with van der Waals surface area (Å²) in [6.07, 6.45) is 1.42. The van der Waals surface area contributed by atoms with Crippen LogP contribution in [-0.4, -0.2) is 12.5 Å². The van der Waals surface area contributed by atoms with Gasteiger partial charge in [-0.1, -0.05) is 35.9 Å². The normalized spacial score (nSPS) is 10.5. The number of para-hydroxylation sites is 1. The van der Waals surface area contributed by atoms with Crippen LogP contribution in [0.15, 0.2) is 48.0 Å². The van der Waals surface area contributed by atoms with E-state index in [0.717, 1.165) is 0 Å². The van der Waals surface area contributed by atoms with Gasteiger partial charge in [-0.25, -0.2) is 0 Å². The minimum atomic E-state index is -0.553. The number of hydrogen-bond donors (Lipinski definition) is 1. The van der Waals surface area contributed by atoms with Gasteiger partial charge in [0.1, 0.15) is 23.5 Å². The number of amides is 1. The zero-order chi connectivity index (χ0) is 18.2. The molecular weight excluding hydrogens is 338 g/mol. The number of rotatable bonds is 5. The Kier molecular flexibility index (Phi) is 6.17. The predicted molar refractivity (Wildman–Crippen MR) is 96.0 cm³/mol. The molecule has 25 heavy (non-hydrogen) atoms. The largest absolute Gasteiger partial charge is 0.478 e. The lowest BCUT2D eigenvalue weighted by molar-refractivity contribution is -0.112. The van der Waals surface area contributed by atoms with Gasteiger partial charge in [0.05, 0.1) is 0 Å². The maximum Gasteiger partial charge on any atom is 0.266 e. The number of nitriles is 2. The number of hydrogen-bond acceptors (Lipinski definition) is 4. The quantitative estimate of drug-likeness (QED) is 0.649. The summed E-state index contributed by atoms with van der Waals surface area (Å²) >= 11 is 6.04. The molecule has 0 radical (unpaired) electrons. The van der Waals surface area contributed by atoms with E-state index in [-0.39, 0.29) is 12.2 Å². The number of halogens is 1. The van der Waals surface area contributed by atoms with Gasteiger partial charge >= 0.3 is 0 Å². The average molecular weight is 352 g/mol. The monoisotopic (exact) mass is 351 g/mol. The van der Waals surface area contributed by atoms with Crippen molar-refractivity contribution in [2.45, 2.75) is 6.92 Å².